The van der Waals surface area contributed by atoms with E-state index in [0.29, 0.717) is 6.61 Å². The first-order valence-electron chi connectivity index (χ1n) is 6.30. The molecule has 4 heteroatoms. The third-order valence-electron chi connectivity index (χ3n) is 2.70. The Morgan fingerprint density at radius 1 is 1.22 bits per heavy atom. The molecule has 1 aromatic carbocycles. The van der Waals surface area contributed by atoms with Crippen molar-refractivity contribution in [2.45, 2.75) is 6.54 Å². The molecule has 0 heterocycles. The fourth-order valence-corrected chi connectivity index (χ4v) is 1.63. The van der Waals surface area contributed by atoms with Crippen molar-refractivity contribution in [2.75, 3.05) is 47.5 Å². The second-order valence-electron chi connectivity index (χ2n) is 4.32. The average Bonchev–Trinajstić information content (AvgIpc) is 2.37. The summed E-state index contributed by atoms with van der Waals surface area (Å²) in [5.74, 6) is 0.933. The number of methoxy groups -OCH3 is 1. The van der Waals surface area contributed by atoms with Gasteiger partial charge in [0.05, 0.1) is 6.61 Å². The van der Waals surface area contributed by atoms with Crippen molar-refractivity contribution in [2.24, 2.45) is 0 Å². The molecule has 18 heavy (non-hydrogen) atoms. The van der Waals surface area contributed by atoms with Crippen LogP contribution < -0.4 is 10.1 Å². The van der Waals surface area contributed by atoms with Crippen LogP contribution in [0.15, 0.2) is 24.3 Å². The molecule has 1 rings (SSSR count). The van der Waals surface area contributed by atoms with Crippen molar-refractivity contribution in [3.8, 4) is 5.75 Å². The van der Waals surface area contributed by atoms with Crippen LogP contribution in [0.25, 0.3) is 0 Å². The molecule has 0 spiro atoms. The lowest BCUT2D eigenvalue weighted by atomic mass is 10.2. The summed E-state index contributed by atoms with van der Waals surface area (Å²) < 4.78 is 10.8. The second kappa shape index (κ2) is 8.91. The fourth-order valence-electron chi connectivity index (χ4n) is 1.63. The lowest BCUT2D eigenvalue weighted by molar-refractivity contribution is 0.150. The quantitative estimate of drug-likeness (QED) is 0.719. The summed E-state index contributed by atoms with van der Waals surface area (Å²) in [6, 6.07) is 8.19. The maximum Gasteiger partial charge on any atom is 0.119 e. The molecule has 0 atom stereocenters. The minimum atomic E-state index is 0.698. The van der Waals surface area contributed by atoms with Gasteiger partial charge in [-0.05, 0) is 31.8 Å². The number of nitrogens with one attached hydrogen (secondary N) is 1. The summed E-state index contributed by atoms with van der Waals surface area (Å²) in [6.07, 6.45) is 0. The monoisotopic (exact) mass is 252 g/mol. The number of likely N-dealkylation sites (N-methyl/N-ethyl adjacent to an activating group) is 1. The van der Waals surface area contributed by atoms with Crippen LogP contribution in [0.1, 0.15) is 5.56 Å². The van der Waals surface area contributed by atoms with Crippen LogP contribution in [-0.2, 0) is 11.3 Å². The Balaban J connectivity index is 2.28. The molecule has 4 nitrogen and oxygen atoms in total. The summed E-state index contributed by atoms with van der Waals surface area (Å²) in [5, 5.41) is 3.13. The van der Waals surface area contributed by atoms with E-state index in [-0.39, 0.29) is 0 Å². The van der Waals surface area contributed by atoms with Gasteiger partial charge in [0.25, 0.3) is 0 Å². The third kappa shape index (κ3) is 6.00. The largest absolute Gasteiger partial charge is 0.492 e. The molecule has 0 aliphatic rings. The van der Waals surface area contributed by atoms with E-state index in [0.717, 1.165) is 32.0 Å². The van der Waals surface area contributed by atoms with Crippen LogP contribution in [0.5, 0.6) is 5.75 Å². The van der Waals surface area contributed by atoms with E-state index < -0.39 is 0 Å². The molecule has 0 aromatic heterocycles. The minimum absolute atomic E-state index is 0.698. The summed E-state index contributed by atoms with van der Waals surface area (Å²) in [6.45, 7) is 4.15. The maximum absolute atomic E-state index is 5.73. The molecule has 0 bridgehead atoms. The van der Waals surface area contributed by atoms with E-state index in [2.05, 4.69) is 29.4 Å². The van der Waals surface area contributed by atoms with Gasteiger partial charge in [-0.3, -0.25) is 0 Å². The lowest BCUT2D eigenvalue weighted by Crippen LogP contribution is -2.27. The van der Waals surface area contributed by atoms with Crippen LogP contribution in [0.4, 0.5) is 0 Å². The van der Waals surface area contributed by atoms with Gasteiger partial charge in [0.15, 0.2) is 0 Å². The van der Waals surface area contributed by atoms with Crippen LogP contribution in [0, 0.1) is 0 Å². The highest BCUT2D eigenvalue weighted by molar-refractivity contribution is 5.28. The first-order valence-corrected chi connectivity index (χ1v) is 6.30. The summed E-state index contributed by atoms with van der Waals surface area (Å²) in [7, 11) is 5.73. The molecule has 0 radical (unpaired) electrons. The van der Waals surface area contributed by atoms with Gasteiger partial charge in [0.2, 0.25) is 0 Å². The van der Waals surface area contributed by atoms with Crippen molar-refractivity contribution in [3.63, 3.8) is 0 Å². The SMILES string of the molecule is CNCc1cccc(OCCN(C)CCOC)c1. The van der Waals surface area contributed by atoms with Crippen LogP contribution in [-0.4, -0.2) is 52.4 Å². The van der Waals surface area contributed by atoms with Gasteiger partial charge in [-0.15, -0.1) is 0 Å². The number of hydrogen-bond acceptors (Lipinski definition) is 4. The molecule has 1 N–H and O–H groups in total. The highest BCUT2D eigenvalue weighted by Gasteiger charge is 1.99. The Morgan fingerprint density at radius 3 is 2.72 bits per heavy atom. The van der Waals surface area contributed by atoms with Crippen molar-refractivity contribution >= 4 is 0 Å². The zero-order valence-electron chi connectivity index (χ0n) is 11.6. The second-order valence-corrected chi connectivity index (χ2v) is 4.32. The fraction of sp³-hybridized carbons (Fsp3) is 0.571. The minimum Gasteiger partial charge on any atom is -0.492 e. The number of rotatable bonds is 9. The first kappa shape index (κ1) is 15.0. The molecule has 0 aliphatic carbocycles. The molecule has 1 aromatic rings. The first-order chi connectivity index (χ1) is 8.76. The van der Waals surface area contributed by atoms with Crippen molar-refractivity contribution in [3.05, 3.63) is 29.8 Å². The van der Waals surface area contributed by atoms with Gasteiger partial charge in [0, 0.05) is 26.7 Å². The van der Waals surface area contributed by atoms with E-state index in [1.165, 1.54) is 5.56 Å². The average molecular weight is 252 g/mol. The summed E-state index contributed by atoms with van der Waals surface area (Å²) in [4.78, 5) is 2.20. The molecule has 0 saturated carbocycles. The lowest BCUT2D eigenvalue weighted by Gasteiger charge is -2.16. The van der Waals surface area contributed by atoms with Crippen LogP contribution in [0.3, 0.4) is 0 Å². The van der Waals surface area contributed by atoms with Gasteiger partial charge in [-0.25, -0.2) is 0 Å². The Bertz CT molecular complexity index is 331. The topological polar surface area (TPSA) is 33.7 Å². The van der Waals surface area contributed by atoms with Crippen molar-refractivity contribution in [1.29, 1.82) is 0 Å². The normalized spacial score (nSPS) is 10.9. The van der Waals surface area contributed by atoms with E-state index in [1.807, 2.05) is 19.2 Å². The van der Waals surface area contributed by atoms with Gasteiger partial charge < -0.3 is 19.7 Å². The molecule has 0 saturated heterocycles. The highest BCUT2D eigenvalue weighted by atomic mass is 16.5. The zero-order valence-corrected chi connectivity index (χ0v) is 11.6. The van der Waals surface area contributed by atoms with Crippen LogP contribution >= 0.6 is 0 Å². The standard InChI is InChI=1S/C14H24N2O2/c1-15-12-13-5-4-6-14(11-13)18-10-8-16(2)7-9-17-3/h4-6,11,15H,7-10,12H2,1-3H3. The molecule has 0 unspecified atom stereocenters. The van der Waals surface area contributed by atoms with E-state index in [1.54, 1.807) is 7.11 Å². The smallest absolute Gasteiger partial charge is 0.119 e. The Hall–Kier alpha value is -1.10. The van der Waals surface area contributed by atoms with Gasteiger partial charge in [-0.2, -0.15) is 0 Å². The number of nitrogens with zero attached hydrogens (tertiary/aromatic N) is 1. The molecule has 0 amide bonds. The van der Waals surface area contributed by atoms with E-state index >= 15 is 0 Å². The summed E-state index contributed by atoms with van der Waals surface area (Å²) in [5.41, 5.74) is 1.24. The van der Waals surface area contributed by atoms with E-state index in [4.69, 9.17) is 9.47 Å². The van der Waals surface area contributed by atoms with Crippen molar-refractivity contribution in [1.82, 2.24) is 10.2 Å². The van der Waals surface area contributed by atoms with Crippen LogP contribution in [0.2, 0.25) is 0 Å². The number of benzene rings is 1. The van der Waals surface area contributed by atoms with E-state index in [9.17, 15) is 0 Å². The zero-order chi connectivity index (χ0) is 13.2. The predicted molar refractivity (Wildman–Crippen MR) is 74.1 cm³/mol. The molecule has 0 fully saturated rings. The Morgan fingerprint density at radius 2 is 2.00 bits per heavy atom. The number of hydrogen-bond donors (Lipinski definition) is 1. The molecule has 0 aliphatic heterocycles. The number of ether oxygens (including phenoxy) is 2. The maximum atomic E-state index is 5.73. The Kier molecular flexibility index (Phi) is 7.41. The molecular weight excluding hydrogens is 228 g/mol. The summed E-state index contributed by atoms with van der Waals surface area (Å²) >= 11 is 0. The van der Waals surface area contributed by atoms with Gasteiger partial charge in [-0.1, -0.05) is 12.1 Å². The van der Waals surface area contributed by atoms with Gasteiger partial charge in [0.1, 0.15) is 12.4 Å². The molecular formula is C14H24N2O2. The van der Waals surface area contributed by atoms with Gasteiger partial charge >= 0.3 is 0 Å². The molecule has 102 valence electrons. The predicted octanol–water partition coefficient (Wildman–Crippen LogP) is 1.36. The third-order valence-corrected chi connectivity index (χ3v) is 2.70. The highest BCUT2D eigenvalue weighted by Crippen LogP contribution is 2.12. The van der Waals surface area contributed by atoms with Crippen molar-refractivity contribution < 1.29 is 9.47 Å². The Labute approximate surface area is 110 Å².